The minimum absolute atomic E-state index is 0.0212. The molecule has 0 aromatic rings. The minimum Gasteiger partial charge on any atom is -0.332 e. The Bertz CT molecular complexity index is 309. The van der Waals surface area contributed by atoms with Gasteiger partial charge in [0.2, 0.25) is 5.91 Å². The molecular weight excluding hydrogens is 245 g/mol. The molecule has 18 heavy (non-hydrogen) atoms. The summed E-state index contributed by atoms with van der Waals surface area (Å²) in [5.41, 5.74) is 4.74. The molecule has 0 radical (unpaired) electrons. The number of alkyl halides is 3. The molecule has 1 saturated carbocycles. The first-order valence-electron chi connectivity index (χ1n) is 6.19. The number of hydrogen-bond donors (Lipinski definition) is 1. The lowest BCUT2D eigenvalue weighted by Crippen LogP contribution is -2.57. The van der Waals surface area contributed by atoms with Crippen LogP contribution in [0.1, 0.15) is 33.6 Å². The Morgan fingerprint density at radius 1 is 1.39 bits per heavy atom. The van der Waals surface area contributed by atoms with Crippen molar-refractivity contribution in [2.75, 3.05) is 13.1 Å². The third-order valence-corrected chi connectivity index (χ3v) is 3.13. The molecule has 0 aliphatic heterocycles. The number of nitrogens with two attached hydrogens (primary N) is 1. The fourth-order valence-electron chi connectivity index (χ4n) is 2.07. The number of carbonyl (C=O) groups excluding carboxylic acids is 1. The van der Waals surface area contributed by atoms with Crippen LogP contribution >= 0.6 is 0 Å². The molecule has 6 heteroatoms. The second-order valence-corrected chi connectivity index (χ2v) is 5.75. The number of halogens is 3. The molecule has 0 heterocycles. The standard InChI is InChI=1S/C12H21F3N2O/c1-8(2)6-17(7-12(13,14)15)10(18)11(3,16)9-4-5-9/h8-9H,4-7,16H2,1-3H3. The van der Waals surface area contributed by atoms with Crippen molar-refractivity contribution in [1.82, 2.24) is 4.90 Å². The maximum absolute atomic E-state index is 12.5. The van der Waals surface area contributed by atoms with Crippen molar-refractivity contribution >= 4 is 5.91 Å². The normalized spacial score (nSPS) is 19.8. The molecule has 0 aromatic heterocycles. The molecule has 3 nitrogen and oxygen atoms in total. The van der Waals surface area contributed by atoms with E-state index in [1.807, 2.05) is 0 Å². The monoisotopic (exact) mass is 266 g/mol. The fraction of sp³-hybridized carbons (Fsp3) is 0.917. The molecule has 2 N–H and O–H groups in total. The van der Waals surface area contributed by atoms with Crippen LogP contribution in [-0.2, 0) is 4.79 Å². The molecule has 1 atom stereocenters. The molecule has 1 aliphatic rings. The highest BCUT2D eigenvalue weighted by Crippen LogP contribution is 2.39. The Kier molecular flexibility index (Phi) is 4.30. The number of carbonyl (C=O) groups is 1. The Labute approximate surface area is 106 Å². The van der Waals surface area contributed by atoms with Crippen molar-refractivity contribution in [2.45, 2.75) is 45.3 Å². The Morgan fingerprint density at radius 3 is 2.22 bits per heavy atom. The predicted octanol–water partition coefficient (Wildman–Crippen LogP) is 2.16. The molecule has 1 rings (SSSR count). The summed E-state index contributed by atoms with van der Waals surface area (Å²) < 4.78 is 37.5. The largest absolute Gasteiger partial charge is 0.406 e. The topological polar surface area (TPSA) is 46.3 Å². The quantitative estimate of drug-likeness (QED) is 0.829. The van der Waals surface area contributed by atoms with Gasteiger partial charge in [0.25, 0.3) is 0 Å². The van der Waals surface area contributed by atoms with Gasteiger partial charge in [-0.05, 0) is 31.6 Å². The average Bonchev–Trinajstić information content (AvgIpc) is 2.95. The van der Waals surface area contributed by atoms with E-state index in [0.717, 1.165) is 17.7 Å². The Morgan fingerprint density at radius 2 is 1.89 bits per heavy atom. The summed E-state index contributed by atoms with van der Waals surface area (Å²) in [6.45, 7) is 3.96. The van der Waals surface area contributed by atoms with Gasteiger partial charge in [0.1, 0.15) is 6.54 Å². The van der Waals surface area contributed by atoms with E-state index in [1.165, 1.54) is 6.92 Å². The molecule has 1 amide bonds. The van der Waals surface area contributed by atoms with E-state index < -0.39 is 24.2 Å². The van der Waals surface area contributed by atoms with E-state index in [9.17, 15) is 18.0 Å². The summed E-state index contributed by atoms with van der Waals surface area (Å²) in [6, 6.07) is 0. The zero-order valence-corrected chi connectivity index (χ0v) is 11.0. The van der Waals surface area contributed by atoms with Crippen LogP contribution in [0.3, 0.4) is 0 Å². The number of nitrogens with zero attached hydrogens (tertiary/aromatic N) is 1. The predicted molar refractivity (Wildman–Crippen MR) is 62.8 cm³/mol. The lowest BCUT2D eigenvalue weighted by atomic mass is 9.95. The highest BCUT2D eigenvalue weighted by atomic mass is 19.4. The van der Waals surface area contributed by atoms with Crippen molar-refractivity contribution in [2.24, 2.45) is 17.6 Å². The van der Waals surface area contributed by atoms with Crippen LogP contribution in [0.2, 0.25) is 0 Å². The molecule has 1 unspecified atom stereocenters. The van der Waals surface area contributed by atoms with Crippen molar-refractivity contribution in [3.63, 3.8) is 0 Å². The molecule has 0 aromatic carbocycles. The van der Waals surface area contributed by atoms with Gasteiger partial charge in [0.15, 0.2) is 0 Å². The van der Waals surface area contributed by atoms with E-state index in [4.69, 9.17) is 5.73 Å². The van der Waals surface area contributed by atoms with Crippen molar-refractivity contribution in [1.29, 1.82) is 0 Å². The first kappa shape index (κ1) is 15.3. The highest BCUT2D eigenvalue weighted by Gasteiger charge is 2.47. The van der Waals surface area contributed by atoms with Crippen LogP contribution in [0.15, 0.2) is 0 Å². The van der Waals surface area contributed by atoms with E-state index >= 15 is 0 Å². The Balaban J connectivity index is 2.78. The number of rotatable bonds is 5. The van der Waals surface area contributed by atoms with Gasteiger partial charge in [-0.3, -0.25) is 4.79 Å². The van der Waals surface area contributed by atoms with Crippen molar-refractivity contribution < 1.29 is 18.0 Å². The molecule has 0 saturated heterocycles. The zero-order valence-electron chi connectivity index (χ0n) is 11.0. The van der Waals surface area contributed by atoms with Gasteiger partial charge in [-0.2, -0.15) is 13.2 Å². The van der Waals surface area contributed by atoms with Crippen LogP contribution < -0.4 is 5.73 Å². The minimum atomic E-state index is -4.38. The molecule has 0 bridgehead atoms. The summed E-state index contributed by atoms with van der Waals surface area (Å²) in [7, 11) is 0. The third kappa shape index (κ3) is 4.15. The lowest BCUT2D eigenvalue weighted by Gasteiger charge is -2.33. The first-order chi connectivity index (χ1) is 8.04. The van der Waals surface area contributed by atoms with Crippen LogP contribution in [-0.4, -0.2) is 35.6 Å². The molecule has 1 fully saturated rings. The van der Waals surface area contributed by atoms with Crippen LogP contribution in [0.5, 0.6) is 0 Å². The van der Waals surface area contributed by atoms with Gasteiger partial charge in [-0.15, -0.1) is 0 Å². The molecule has 106 valence electrons. The maximum Gasteiger partial charge on any atom is 0.406 e. The second kappa shape index (κ2) is 5.07. The smallest absolute Gasteiger partial charge is 0.332 e. The van der Waals surface area contributed by atoms with Gasteiger partial charge in [0.05, 0.1) is 5.54 Å². The number of amides is 1. The summed E-state index contributed by atoms with van der Waals surface area (Å²) in [6.07, 6.45) is -2.75. The summed E-state index contributed by atoms with van der Waals surface area (Å²) >= 11 is 0. The summed E-state index contributed by atoms with van der Waals surface area (Å²) in [5.74, 6) is -0.588. The van der Waals surface area contributed by atoms with E-state index in [2.05, 4.69) is 0 Å². The fourth-order valence-corrected chi connectivity index (χ4v) is 2.07. The van der Waals surface area contributed by atoms with Crippen LogP contribution in [0.4, 0.5) is 13.2 Å². The van der Waals surface area contributed by atoms with Crippen molar-refractivity contribution in [3.05, 3.63) is 0 Å². The average molecular weight is 266 g/mol. The van der Waals surface area contributed by atoms with Gasteiger partial charge in [0, 0.05) is 6.54 Å². The van der Waals surface area contributed by atoms with E-state index in [0.29, 0.717) is 0 Å². The summed E-state index contributed by atoms with van der Waals surface area (Å²) in [5, 5.41) is 0. The number of hydrogen-bond acceptors (Lipinski definition) is 2. The third-order valence-electron chi connectivity index (χ3n) is 3.13. The van der Waals surface area contributed by atoms with Gasteiger partial charge < -0.3 is 10.6 Å². The van der Waals surface area contributed by atoms with Crippen LogP contribution in [0, 0.1) is 11.8 Å². The molecule has 1 aliphatic carbocycles. The van der Waals surface area contributed by atoms with E-state index in [1.54, 1.807) is 13.8 Å². The first-order valence-corrected chi connectivity index (χ1v) is 6.19. The van der Waals surface area contributed by atoms with Gasteiger partial charge in [-0.1, -0.05) is 13.8 Å². The van der Waals surface area contributed by atoms with Gasteiger partial charge >= 0.3 is 6.18 Å². The van der Waals surface area contributed by atoms with Crippen LogP contribution in [0.25, 0.3) is 0 Å². The van der Waals surface area contributed by atoms with E-state index in [-0.39, 0.29) is 18.4 Å². The summed E-state index contributed by atoms with van der Waals surface area (Å²) in [4.78, 5) is 13.0. The van der Waals surface area contributed by atoms with Gasteiger partial charge in [-0.25, -0.2) is 0 Å². The molecule has 0 spiro atoms. The SMILES string of the molecule is CC(C)CN(CC(F)(F)F)C(=O)C(C)(N)C1CC1. The Hall–Kier alpha value is -0.780. The van der Waals surface area contributed by atoms with Crippen molar-refractivity contribution in [3.8, 4) is 0 Å². The second-order valence-electron chi connectivity index (χ2n) is 5.75. The lowest BCUT2D eigenvalue weighted by molar-refractivity contribution is -0.165. The molecular formula is C12H21F3N2O. The maximum atomic E-state index is 12.5. The zero-order chi connectivity index (χ0) is 14.1. The highest BCUT2D eigenvalue weighted by molar-refractivity contribution is 5.86.